The van der Waals surface area contributed by atoms with Crippen molar-refractivity contribution < 1.29 is 0 Å². The Hall–Kier alpha value is -1.71. The van der Waals surface area contributed by atoms with Crippen molar-refractivity contribution in [2.45, 2.75) is 39.5 Å². The van der Waals surface area contributed by atoms with Crippen molar-refractivity contribution in [1.82, 2.24) is 19.5 Å². The van der Waals surface area contributed by atoms with Crippen LogP contribution < -0.4 is 0 Å². The zero-order chi connectivity index (χ0) is 12.3. The molecule has 0 N–H and O–H groups in total. The van der Waals surface area contributed by atoms with Gasteiger partial charge in [-0.3, -0.25) is 9.55 Å². The minimum atomic E-state index is 0.477. The van der Waals surface area contributed by atoms with Crippen molar-refractivity contribution in [1.29, 1.82) is 0 Å². The van der Waals surface area contributed by atoms with Crippen LogP contribution in [0.1, 0.15) is 44.1 Å². The van der Waals surface area contributed by atoms with Crippen LogP contribution in [0.2, 0.25) is 0 Å². The molecule has 0 radical (unpaired) electrons. The molecule has 0 bridgehead atoms. The Balaban J connectivity index is 2.21. The average Bonchev–Trinajstić information content (AvgIpc) is 2.76. The third-order valence-electron chi connectivity index (χ3n) is 2.96. The predicted octanol–water partition coefficient (Wildman–Crippen LogP) is 2.87. The van der Waals surface area contributed by atoms with Gasteiger partial charge in [-0.1, -0.05) is 20.3 Å². The van der Waals surface area contributed by atoms with Gasteiger partial charge in [0.05, 0.1) is 18.1 Å². The Kier molecular flexibility index (Phi) is 3.52. The van der Waals surface area contributed by atoms with Crippen LogP contribution >= 0.6 is 0 Å². The summed E-state index contributed by atoms with van der Waals surface area (Å²) in [5.41, 5.74) is 1.06. The van der Waals surface area contributed by atoms with E-state index in [9.17, 15) is 0 Å². The maximum absolute atomic E-state index is 4.48. The standard InChI is InChI=1S/C13H18N4/c1-4-5-10(2)12-8-16-13(9-15-12)17-7-6-14-11(17)3/h6-10H,4-5H2,1-3H3. The summed E-state index contributed by atoms with van der Waals surface area (Å²) < 4.78 is 1.93. The van der Waals surface area contributed by atoms with Gasteiger partial charge in [-0.05, 0) is 19.3 Å². The summed E-state index contributed by atoms with van der Waals surface area (Å²) in [6.45, 7) is 6.33. The summed E-state index contributed by atoms with van der Waals surface area (Å²) in [5.74, 6) is 2.23. The molecule has 0 saturated heterocycles. The first kappa shape index (κ1) is 11.8. The van der Waals surface area contributed by atoms with Gasteiger partial charge < -0.3 is 0 Å². The molecule has 4 nitrogen and oxygen atoms in total. The molecule has 1 unspecified atom stereocenters. The molecule has 2 aromatic rings. The van der Waals surface area contributed by atoms with Crippen molar-refractivity contribution >= 4 is 0 Å². The molecule has 0 fully saturated rings. The second-order valence-electron chi connectivity index (χ2n) is 4.33. The average molecular weight is 230 g/mol. The van der Waals surface area contributed by atoms with Gasteiger partial charge in [-0.2, -0.15) is 0 Å². The van der Waals surface area contributed by atoms with Crippen LogP contribution in [0, 0.1) is 6.92 Å². The van der Waals surface area contributed by atoms with E-state index < -0.39 is 0 Å². The van der Waals surface area contributed by atoms with Crippen molar-refractivity contribution in [2.75, 3.05) is 0 Å². The fourth-order valence-electron chi connectivity index (χ4n) is 1.91. The first-order valence-electron chi connectivity index (χ1n) is 6.04. The maximum Gasteiger partial charge on any atom is 0.156 e. The highest BCUT2D eigenvalue weighted by Gasteiger charge is 2.07. The van der Waals surface area contributed by atoms with E-state index in [1.165, 1.54) is 6.42 Å². The highest BCUT2D eigenvalue weighted by Crippen LogP contribution is 2.18. The molecule has 0 aliphatic carbocycles. The summed E-state index contributed by atoms with van der Waals surface area (Å²) in [6.07, 6.45) is 9.67. The lowest BCUT2D eigenvalue weighted by Gasteiger charge is -2.10. The fraction of sp³-hybridized carbons (Fsp3) is 0.462. The number of imidazole rings is 1. The predicted molar refractivity (Wildman–Crippen MR) is 67.2 cm³/mol. The van der Waals surface area contributed by atoms with E-state index in [0.29, 0.717) is 5.92 Å². The van der Waals surface area contributed by atoms with E-state index in [1.54, 1.807) is 6.20 Å². The molecule has 2 heterocycles. The third kappa shape index (κ3) is 2.52. The van der Waals surface area contributed by atoms with Gasteiger partial charge >= 0.3 is 0 Å². The molecule has 4 heteroatoms. The van der Waals surface area contributed by atoms with Crippen molar-refractivity contribution in [3.8, 4) is 5.82 Å². The number of rotatable bonds is 4. The second-order valence-corrected chi connectivity index (χ2v) is 4.33. The Labute approximate surface area is 102 Å². The topological polar surface area (TPSA) is 43.6 Å². The molecule has 0 saturated carbocycles. The molecule has 0 aliphatic heterocycles. The van der Waals surface area contributed by atoms with E-state index in [4.69, 9.17) is 0 Å². The van der Waals surface area contributed by atoms with E-state index >= 15 is 0 Å². The van der Waals surface area contributed by atoms with Crippen LogP contribution in [-0.4, -0.2) is 19.5 Å². The Morgan fingerprint density at radius 2 is 2.06 bits per heavy atom. The summed E-state index contributed by atoms with van der Waals surface area (Å²) in [5, 5.41) is 0. The van der Waals surface area contributed by atoms with E-state index in [1.807, 2.05) is 30.1 Å². The highest BCUT2D eigenvalue weighted by atomic mass is 15.1. The Morgan fingerprint density at radius 1 is 1.24 bits per heavy atom. The Morgan fingerprint density at radius 3 is 2.59 bits per heavy atom. The molecule has 90 valence electrons. The number of nitrogens with zero attached hydrogens (tertiary/aromatic N) is 4. The lowest BCUT2D eigenvalue weighted by atomic mass is 10.0. The summed E-state index contributed by atoms with van der Waals surface area (Å²) in [4.78, 5) is 13.1. The summed E-state index contributed by atoms with van der Waals surface area (Å²) >= 11 is 0. The third-order valence-corrected chi connectivity index (χ3v) is 2.96. The highest BCUT2D eigenvalue weighted by molar-refractivity contribution is 5.22. The number of aryl methyl sites for hydroxylation is 1. The molecule has 0 amide bonds. The number of hydrogen-bond donors (Lipinski definition) is 0. The van der Waals surface area contributed by atoms with Crippen LogP contribution in [0.3, 0.4) is 0 Å². The lowest BCUT2D eigenvalue weighted by molar-refractivity contribution is 0.643. The van der Waals surface area contributed by atoms with Crippen LogP contribution in [-0.2, 0) is 0 Å². The van der Waals surface area contributed by atoms with Gasteiger partial charge in [0.25, 0.3) is 0 Å². The van der Waals surface area contributed by atoms with Crippen molar-refractivity contribution in [3.63, 3.8) is 0 Å². The van der Waals surface area contributed by atoms with E-state index in [2.05, 4.69) is 28.8 Å². The number of aromatic nitrogens is 4. The van der Waals surface area contributed by atoms with E-state index in [0.717, 1.165) is 23.8 Å². The summed E-state index contributed by atoms with van der Waals surface area (Å²) in [7, 11) is 0. The Bertz CT molecular complexity index is 472. The summed E-state index contributed by atoms with van der Waals surface area (Å²) in [6, 6.07) is 0. The van der Waals surface area contributed by atoms with Gasteiger partial charge in [0.1, 0.15) is 5.82 Å². The molecular formula is C13H18N4. The zero-order valence-electron chi connectivity index (χ0n) is 10.6. The molecule has 0 aromatic carbocycles. The quantitative estimate of drug-likeness (QED) is 0.811. The number of hydrogen-bond acceptors (Lipinski definition) is 3. The smallest absolute Gasteiger partial charge is 0.156 e. The van der Waals surface area contributed by atoms with Crippen molar-refractivity contribution in [2.24, 2.45) is 0 Å². The first-order valence-corrected chi connectivity index (χ1v) is 6.04. The minimum Gasteiger partial charge on any atom is -0.287 e. The van der Waals surface area contributed by atoms with Crippen LogP contribution in [0.25, 0.3) is 5.82 Å². The van der Waals surface area contributed by atoms with Gasteiger partial charge in [0.15, 0.2) is 5.82 Å². The monoisotopic (exact) mass is 230 g/mol. The molecule has 2 rings (SSSR count). The molecule has 0 aliphatic rings. The van der Waals surface area contributed by atoms with Gasteiger partial charge in [0, 0.05) is 12.4 Å². The minimum absolute atomic E-state index is 0.477. The first-order chi connectivity index (χ1) is 8.22. The van der Waals surface area contributed by atoms with Crippen LogP contribution in [0.15, 0.2) is 24.8 Å². The van der Waals surface area contributed by atoms with Gasteiger partial charge in [-0.15, -0.1) is 0 Å². The largest absolute Gasteiger partial charge is 0.287 e. The molecule has 0 spiro atoms. The maximum atomic E-state index is 4.48. The van der Waals surface area contributed by atoms with Crippen LogP contribution in [0.4, 0.5) is 0 Å². The normalized spacial score (nSPS) is 12.6. The molecule has 2 aromatic heterocycles. The van der Waals surface area contributed by atoms with Crippen molar-refractivity contribution in [3.05, 3.63) is 36.3 Å². The van der Waals surface area contributed by atoms with Gasteiger partial charge in [-0.25, -0.2) is 9.97 Å². The fourth-order valence-corrected chi connectivity index (χ4v) is 1.91. The lowest BCUT2D eigenvalue weighted by Crippen LogP contribution is -2.03. The van der Waals surface area contributed by atoms with E-state index in [-0.39, 0.29) is 0 Å². The zero-order valence-corrected chi connectivity index (χ0v) is 10.6. The molecule has 17 heavy (non-hydrogen) atoms. The SMILES string of the molecule is CCCC(C)c1cnc(-n2ccnc2C)cn1. The van der Waals surface area contributed by atoms with Gasteiger partial charge in [0.2, 0.25) is 0 Å². The second kappa shape index (κ2) is 5.08. The molecular weight excluding hydrogens is 212 g/mol. The van der Waals surface area contributed by atoms with Crippen LogP contribution in [0.5, 0.6) is 0 Å². The molecule has 1 atom stereocenters.